The van der Waals surface area contributed by atoms with Gasteiger partial charge in [0.05, 0.1) is 19.3 Å². The van der Waals surface area contributed by atoms with Crippen molar-refractivity contribution in [1.82, 2.24) is 0 Å². The SMILES string of the molecule is C=C(COC)/C(=C/CO)C(O)CC/C(=C/c1cc(C)c(O)c(C)c1)CCC. The third-order valence-corrected chi connectivity index (χ3v) is 4.59. The molecular formula is C23H34O4. The first-order valence-electron chi connectivity index (χ1n) is 9.49. The molecule has 150 valence electrons. The minimum Gasteiger partial charge on any atom is -0.507 e. The summed E-state index contributed by atoms with van der Waals surface area (Å²) in [6, 6.07) is 3.96. The summed E-state index contributed by atoms with van der Waals surface area (Å²) in [6.07, 6.45) is 6.32. The number of rotatable bonds is 11. The van der Waals surface area contributed by atoms with E-state index in [9.17, 15) is 15.3 Å². The summed E-state index contributed by atoms with van der Waals surface area (Å²) in [5.74, 6) is 0.343. The second-order valence-corrected chi connectivity index (χ2v) is 6.99. The van der Waals surface area contributed by atoms with Crippen molar-refractivity contribution >= 4 is 6.08 Å². The molecule has 1 atom stereocenters. The van der Waals surface area contributed by atoms with Gasteiger partial charge in [-0.2, -0.15) is 0 Å². The van der Waals surface area contributed by atoms with E-state index >= 15 is 0 Å². The zero-order valence-electron chi connectivity index (χ0n) is 17.1. The Balaban J connectivity index is 2.93. The molecule has 0 radical (unpaired) electrons. The van der Waals surface area contributed by atoms with Gasteiger partial charge < -0.3 is 20.1 Å². The van der Waals surface area contributed by atoms with Gasteiger partial charge in [0.1, 0.15) is 5.75 Å². The standard InChI is InChI=1S/C23H34O4/c1-6-7-19(14-20-12-16(2)23(26)17(3)13-20)8-9-22(25)21(10-11-24)18(4)15-27-5/h10,12-14,22,24-26H,4,6-9,11,15H2,1-3,5H3/b19-14+,21-10-. The Hall–Kier alpha value is -1.88. The molecule has 27 heavy (non-hydrogen) atoms. The predicted octanol–water partition coefficient (Wildman–Crippen LogP) is 4.45. The first-order chi connectivity index (χ1) is 12.8. The Bertz CT molecular complexity index is 663. The fourth-order valence-electron chi connectivity index (χ4n) is 3.25. The van der Waals surface area contributed by atoms with Crippen LogP contribution in [0.25, 0.3) is 6.08 Å². The van der Waals surface area contributed by atoms with Crippen LogP contribution in [0.5, 0.6) is 5.75 Å². The Labute approximate surface area is 163 Å². The molecule has 0 aliphatic rings. The monoisotopic (exact) mass is 374 g/mol. The van der Waals surface area contributed by atoms with Crippen LogP contribution in [0, 0.1) is 13.8 Å². The van der Waals surface area contributed by atoms with E-state index in [0.717, 1.165) is 36.0 Å². The van der Waals surface area contributed by atoms with Crippen LogP contribution in [0.15, 0.2) is 41.5 Å². The molecule has 4 nitrogen and oxygen atoms in total. The molecule has 0 spiro atoms. The second-order valence-electron chi connectivity index (χ2n) is 6.99. The minimum atomic E-state index is -0.691. The van der Waals surface area contributed by atoms with Crippen LogP contribution in [0.1, 0.15) is 49.3 Å². The third-order valence-electron chi connectivity index (χ3n) is 4.59. The van der Waals surface area contributed by atoms with Crippen molar-refractivity contribution in [2.45, 2.75) is 52.6 Å². The largest absolute Gasteiger partial charge is 0.507 e. The maximum Gasteiger partial charge on any atom is 0.121 e. The highest BCUT2D eigenvalue weighted by Gasteiger charge is 2.15. The van der Waals surface area contributed by atoms with Gasteiger partial charge in [-0.3, -0.25) is 0 Å². The summed E-state index contributed by atoms with van der Waals surface area (Å²) in [7, 11) is 1.58. The molecule has 1 rings (SSSR count). The number of allylic oxidation sites excluding steroid dienone is 1. The lowest BCUT2D eigenvalue weighted by Crippen LogP contribution is -2.15. The number of phenols is 1. The maximum atomic E-state index is 10.6. The normalized spacial score (nSPS) is 13.7. The summed E-state index contributed by atoms with van der Waals surface area (Å²) >= 11 is 0. The van der Waals surface area contributed by atoms with Crippen molar-refractivity contribution in [3.8, 4) is 5.75 Å². The van der Waals surface area contributed by atoms with Crippen molar-refractivity contribution in [1.29, 1.82) is 0 Å². The number of aliphatic hydroxyl groups excluding tert-OH is 2. The highest BCUT2D eigenvalue weighted by molar-refractivity contribution is 5.58. The van der Waals surface area contributed by atoms with E-state index in [1.54, 1.807) is 13.2 Å². The summed E-state index contributed by atoms with van der Waals surface area (Å²) in [4.78, 5) is 0. The van der Waals surface area contributed by atoms with Gasteiger partial charge in [0.25, 0.3) is 0 Å². The van der Waals surface area contributed by atoms with Gasteiger partial charge in [-0.25, -0.2) is 0 Å². The fraction of sp³-hybridized carbons (Fsp3) is 0.478. The van der Waals surface area contributed by atoms with Crippen molar-refractivity contribution in [2.75, 3.05) is 20.3 Å². The van der Waals surface area contributed by atoms with E-state index < -0.39 is 6.10 Å². The lowest BCUT2D eigenvalue weighted by atomic mass is 9.93. The lowest BCUT2D eigenvalue weighted by molar-refractivity contribution is 0.189. The van der Waals surface area contributed by atoms with Crippen LogP contribution >= 0.6 is 0 Å². The number of aryl methyl sites for hydroxylation is 2. The molecule has 0 aliphatic heterocycles. The fourth-order valence-corrected chi connectivity index (χ4v) is 3.25. The van der Waals surface area contributed by atoms with E-state index in [0.29, 0.717) is 29.9 Å². The summed E-state index contributed by atoms with van der Waals surface area (Å²) < 4.78 is 5.09. The Morgan fingerprint density at radius 2 is 1.85 bits per heavy atom. The molecule has 0 saturated heterocycles. The average molecular weight is 375 g/mol. The predicted molar refractivity (Wildman–Crippen MR) is 112 cm³/mol. The molecule has 0 heterocycles. The smallest absolute Gasteiger partial charge is 0.121 e. The molecule has 0 amide bonds. The van der Waals surface area contributed by atoms with Gasteiger partial charge in [0.15, 0.2) is 0 Å². The summed E-state index contributed by atoms with van der Waals surface area (Å²) in [6.45, 7) is 10.1. The Kier molecular flexibility index (Phi) is 10.1. The summed E-state index contributed by atoms with van der Waals surface area (Å²) in [5.41, 5.74) is 5.37. The van der Waals surface area contributed by atoms with Crippen molar-refractivity contribution in [3.05, 3.63) is 58.2 Å². The molecule has 1 aromatic rings. The molecular weight excluding hydrogens is 340 g/mol. The van der Waals surface area contributed by atoms with Gasteiger partial charge in [0, 0.05) is 7.11 Å². The highest BCUT2D eigenvalue weighted by atomic mass is 16.5. The maximum absolute atomic E-state index is 10.6. The minimum absolute atomic E-state index is 0.140. The van der Waals surface area contributed by atoms with E-state index in [4.69, 9.17) is 4.74 Å². The van der Waals surface area contributed by atoms with Gasteiger partial charge >= 0.3 is 0 Å². The van der Waals surface area contributed by atoms with Crippen LogP contribution in [0.2, 0.25) is 0 Å². The Morgan fingerprint density at radius 1 is 1.22 bits per heavy atom. The van der Waals surface area contributed by atoms with Crippen LogP contribution in [0.4, 0.5) is 0 Å². The number of hydrogen-bond donors (Lipinski definition) is 3. The van der Waals surface area contributed by atoms with E-state index in [1.165, 1.54) is 5.57 Å². The van der Waals surface area contributed by atoms with Crippen molar-refractivity contribution in [2.24, 2.45) is 0 Å². The van der Waals surface area contributed by atoms with E-state index in [-0.39, 0.29) is 6.61 Å². The van der Waals surface area contributed by atoms with Crippen LogP contribution in [-0.2, 0) is 4.74 Å². The molecule has 0 saturated carbocycles. The number of phenolic OH excluding ortho intramolecular Hbond substituents is 1. The number of aromatic hydroxyl groups is 1. The number of methoxy groups -OCH3 is 1. The quantitative estimate of drug-likeness (QED) is 0.500. The zero-order valence-corrected chi connectivity index (χ0v) is 17.1. The number of ether oxygens (including phenoxy) is 1. The first kappa shape index (κ1) is 23.2. The average Bonchev–Trinajstić information content (AvgIpc) is 2.62. The van der Waals surface area contributed by atoms with Crippen LogP contribution in [0.3, 0.4) is 0 Å². The lowest BCUT2D eigenvalue weighted by Gasteiger charge is -2.18. The summed E-state index contributed by atoms with van der Waals surface area (Å²) in [5, 5.41) is 29.8. The molecule has 0 bridgehead atoms. The number of hydrogen-bond acceptors (Lipinski definition) is 4. The van der Waals surface area contributed by atoms with Crippen molar-refractivity contribution < 1.29 is 20.1 Å². The van der Waals surface area contributed by atoms with Gasteiger partial charge in [-0.1, -0.05) is 37.6 Å². The van der Waals surface area contributed by atoms with Crippen LogP contribution < -0.4 is 0 Å². The molecule has 4 heteroatoms. The molecule has 1 aromatic carbocycles. The van der Waals surface area contributed by atoms with Gasteiger partial charge in [-0.05, 0) is 73.1 Å². The van der Waals surface area contributed by atoms with E-state index in [1.807, 2.05) is 26.0 Å². The zero-order chi connectivity index (χ0) is 20.4. The molecule has 1 unspecified atom stereocenters. The van der Waals surface area contributed by atoms with E-state index in [2.05, 4.69) is 19.6 Å². The topological polar surface area (TPSA) is 69.9 Å². The molecule has 3 N–H and O–H groups in total. The van der Waals surface area contributed by atoms with Crippen molar-refractivity contribution in [3.63, 3.8) is 0 Å². The van der Waals surface area contributed by atoms with Gasteiger partial charge in [-0.15, -0.1) is 0 Å². The molecule has 0 aliphatic carbocycles. The molecule has 0 fully saturated rings. The van der Waals surface area contributed by atoms with Gasteiger partial charge in [0.2, 0.25) is 0 Å². The highest BCUT2D eigenvalue weighted by Crippen LogP contribution is 2.27. The van der Waals surface area contributed by atoms with Crippen LogP contribution in [-0.4, -0.2) is 41.7 Å². The third kappa shape index (κ3) is 7.33. The number of benzene rings is 1. The second kappa shape index (κ2) is 11.8. The number of aliphatic hydroxyl groups is 2. The first-order valence-corrected chi connectivity index (χ1v) is 9.49. The Morgan fingerprint density at radius 3 is 2.37 bits per heavy atom. The molecule has 0 aromatic heterocycles.